The molecular weight excluding hydrogens is 552 g/mol. The zero-order chi connectivity index (χ0) is 29.6. The van der Waals surface area contributed by atoms with E-state index in [2.05, 4.69) is 0 Å². The second-order valence-electron chi connectivity index (χ2n) is 9.64. The average molecular weight is 580 g/mol. The highest BCUT2D eigenvalue weighted by atomic mass is 16.7. The zero-order valence-corrected chi connectivity index (χ0v) is 21.0. The Morgan fingerprint density at radius 2 is 1.51 bits per heavy atom. The third-order valence-electron chi connectivity index (χ3n) is 6.82. The van der Waals surface area contributed by atoms with Crippen molar-refractivity contribution in [2.24, 2.45) is 0 Å². The van der Waals surface area contributed by atoms with Gasteiger partial charge in [-0.3, -0.25) is 4.79 Å². The molecule has 0 radical (unpaired) electrons. The molecule has 0 saturated carbocycles. The number of phenols is 2. The van der Waals surface area contributed by atoms with Crippen molar-refractivity contribution in [3.63, 3.8) is 0 Å². The van der Waals surface area contributed by atoms with Gasteiger partial charge < -0.3 is 69.3 Å². The molecule has 2 aliphatic rings. The van der Waals surface area contributed by atoms with E-state index in [9.17, 15) is 50.8 Å². The van der Waals surface area contributed by atoms with Crippen molar-refractivity contribution in [1.29, 1.82) is 0 Å². The molecule has 15 heteroatoms. The van der Waals surface area contributed by atoms with Gasteiger partial charge in [0.2, 0.25) is 23.8 Å². The van der Waals surface area contributed by atoms with Gasteiger partial charge in [0.25, 0.3) is 0 Å². The minimum atomic E-state index is -1.76. The number of phenolic OH excluding ortho intramolecular Hbond substituents is 2. The van der Waals surface area contributed by atoms with E-state index in [0.717, 1.165) is 12.1 Å². The van der Waals surface area contributed by atoms with Crippen LogP contribution in [-0.2, 0) is 9.47 Å². The molecule has 2 aliphatic heterocycles. The fourth-order valence-electron chi connectivity index (χ4n) is 4.53. The largest absolute Gasteiger partial charge is 0.508 e. The summed E-state index contributed by atoms with van der Waals surface area (Å²) < 4.78 is 27.7. The number of ether oxygens (including phenoxy) is 4. The number of fused-ring (bicyclic) bond motifs is 1. The highest BCUT2D eigenvalue weighted by molar-refractivity contribution is 5.88. The molecule has 1 aromatic heterocycles. The molecule has 15 nitrogen and oxygen atoms in total. The molecule has 0 aliphatic carbocycles. The van der Waals surface area contributed by atoms with Gasteiger partial charge in [0.15, 0.2) is 5.76 Å². The summed E-state index contributed by atoms with van der Waals surface area (Å²) in [5.74, 6) is -1.73. The van der Waals surface area contributed by atoms with E-state index in [4.69, 9.17) is 23.4 Å². The van der Waals surface area contributed by atoms with Gasteiger partial charge >= 0.3 is 0 Å². The van der Waals surface area contributed by atoms with Gasteiger partial charge in [0, 0.05) is 17.7 Å². The topological polar surface area (TPSA) is 249 Å². The summed E-state index contributed by atoms with van der Waals surface area (Å²) >= 11 is 0. The Morgan fingerprint density at radius 1 is 0.829 bits per heavy atom. The maximum Gasteiger partial charge on any atom is 0.239 e. The third kappa shape index (κ3) is 5.42. The van der Waals surface area contributed by atoms with Crippen molar-refractivity contribution >= 4 is 11.0 Å². The maximum atomic E-state index is 13.6. The van der Waals surface area contributed by atoms with Crippen molar-refractivity contribution < 1.29 is 69.3 Å². The van der Waals surface area contributed by atoms with Crippen LogP contribution in [0.1, 0.15) is 0 Å². The van der Waals surface area contributed by atoms with Crippen molar-refractivity contribution in [2.45, 2.75) is 55.3 Å². The summed E-state index contributed by atoms with van der Waals surface area (Å²) in [6.45, 7) is -1.11. The maximum absolute atomic E-state index is 13.6. The first-order chi connectivity index (χ1) is 19.5. The molecule has 2 saturated heterocycles. The van der Waals surface area contributed by atoms with Crippen LogP contribution in [0.5, 0.6) is 23.0 Å². The monoisotopic (exact) mass is 580 g/mol. The van der Waals surface area contributed by atoms with Gasteiger partial charge in [0.1, 0.15) is 70.9 Å². The molecule has 41 heavy (non-hydrogen) atoms. The average Bonchev–Trinajstić information content (AvgIpc) is 2.95. The van der Waals surface area contributed by atoms with Gasteiger partial charge in [-0.15, -0.1) is 0 Å². The number of hydrogen-bond donors (Lipinski definition) is 9. The molecule has 9 N–H and O–H groups in total. The molecule has 3 heterocycles. The van der Waals surface area contributed by atoms with E-state index in [-0.39, 0.29) is 28.4 Å². The second-order valence-corrected chi connectivity index (χ2v) is 9.64. The van der Waals surface area contributed by atoms with Crippen LogP contribution in [0.2, 0.25) is 0 Å². The first kappa shape index (κ1) is 29.0. The minimum Gasteiger partial charge on any atom is -0.508 e. The highest BCUT2D eigenvalue weighted by Gasteiger charge is 2.45. The number of benzene rings is 2. The van der Waals surface area contributed by atoms with Crippen molar-refractivity contribution in [1.82, 2.24) is 0 Å². The van der Waals surface area contributed by atoms with Gasteiger partial charge in [-0.25, -0.2) is 0 Å². The van der Waals surface area contributed by atoms with Crippen LogP contribution < -0.4 is 14.9 Å². The molecule has 3 aromatic rings. The van der Waals surface area contributed by atoms with Crippen LogP contribution in [0.15, 0.2) is 45.6 Å². The smallest absolute Gasteiger partial charge is 0.239 e. The lowest BCUT2D eigenvalue weighted by molar-refractivity contribution is -0.277. The van der Waals surface area contributed by atoms with Crippen molar-refractivity contribution in [3.05, 3.63) is 46.6 Å². The van der Waals surface area contributed by atoms with Gasteiger partial charge in [-0.2, -0.15) is 0 Å². The summed E-state index contributed by atoms with van der Waals surface area (Å²) in [5.41, 5.74) is -0.962. The molecule has 2 fully saturated rings. The van der Waals surface area contributed by atoms with E-state index in [1.807, 2.05) is 0 Å². The Hall–Kier alpha value is -3.51. The van der Waals surface area contributed by atoms with E-state index in [0.29, 0.717) is 0 Å². The Morgan fingerprint density at radius 3 is 2.20 bits per heavy atom. The minimum absolute atomic E-state index is 0.102. The molecule has 5 rings (SSSR count). The molecule has 222 valence electrons. The van der Waals surface area contributed by atoms with Gasteiger partial charge in [0.05, 0.1) is 13.2 Å². The van der Waals surface area contributed by atoms with Crippen molar-refractivity contribution in [2.75, 3.05) is 13.2 Å². The van der Waals surface area contributed by atoms with Crippen LogP contribution in [-0.4, -0.2) is 114 Å². The first-order valence-corrected chi connectivity index (χ1v) is 12.4. The van der Waals surface area contributed by atoms with E-state index >= 15 is 0 Å². The highest BCUT2D eigenvalue weighted by Crippen LogP contribution is 2.38. The van der Waals surface area contributed by atoms with Gasteiger partial charge in [-0.1, -0.05) is 0 Å². The van der Waals surface area contributed by atoms with E-state index < -0.39 is 90.8 Å². The van der Waals surface area contributed by atoms with Crippen LogP contribution in [0.25, 0.3) is 22.3 Å². The SMILES string of the molecule is O=c1c(O[C@@H]2OC[C@H](O)[C@H](O)[C@@H]2O)c(-c2ccc(O)cc2)oc2cc(O[C@@H]3O[C@H](CO)[C@@H](O)[C@H](O)[C@H]3O)cc(O)c12. The third-order valence-corrected chi connectivity index (χ3v) is 6.82. The molecule has 2 aromatic carbocycles. The fourth-order valence-corrected chi connectivity index (χ4v) is 4.53. The second kappa shape index (κ2) is 11.4. The van der Waals surface area contributed by atoms with Crippen LogP contribution >= 0.6 is 0 Å². The van der Waals surface area contributed by atoms with Gasteiger partial charge in [-0.05, 0) is 24.3 Å². The lowest BCUT2D eigenvalue weighted by Crippen LogP contribution is -2.60. The normalized spacial score (nSPS) is 32.1. The van der Waals surface area contributed by atoms with Crippen LogP contribution in [0, 0.1) is 0 Å². The predicted molar refractivity (Wildman–Crippen MR) is 134 cm³/mol. The number of aliphatic hydroxyl groups excluding tert-OH is 7. The fraction of sp³-hybridized carbons (Fsp3) is 0.423. The Labute approximate surface area is 230 Å². The van der Waals surface area contributed by atoms with E-state index in [1.165, 1.54) is 24.3 Å². The molecule has 9 atom stereocenters. The van der Waals surface area contributed by atoms with Crippen LogP contribution in [0.4, 0.5) is 0 Å². The first-order valence-electron chi connectivity index (χ1n) is 12.4. The predicted octanol–water partition coefficient (Wildman–Crippen LogP) is -2.13. The molecule has 0 bridgehead atoms. The Balaban J connectivity index is 1.57. The standard InChI is InChI=1S/C26H28O15/c27-7-15-18(32)20(34)22(36)26(40-15)38-11-5-12(29)16-14(6-11)39-23(9-1-3-10(28)4-2-9)24(19(16)33)41-25-21(35)17(31)13(30)8-37-25/h1-6,13,15,17-18,20-22,25-32,34-36H,7-8H2/t13-,15+,17-,18+,20-,21-,22+,25-,26+/m0/s1. The summed E-state index contributed by atoms with van der Waals surface area (Å²) in [6, 6.07) is 7.51. The quantitative estimate of drug-likeness (QED) is 0.151. The number of aliphatic hydroxyl groups is 7. The number of aromatic hydroxyl groups is 2. The van der Waals surface area contributed by atoms with E-state index in [1.54, 1.807) is 0 Å². The Bertz CT molecular complexity index is 1440. The Kier molecular flexibility index (Phi) is 8.06. The summed E-state index contributed by atoms with van der Waals surface area (Å²) in [6.07, 6.45) is -14.4. The zero-order valence-electron chi connectivity index (χ0n) is 21.0. The summed E-state index contributed by atoms with van der Waals surface area (Å²) in [4.78, 5) is 13.6. The number of rotatable bonds is 6. The van der Waals surface area contributed by atoms with Crippen LogP contribution in [0.3, 0.4) is 0 Å². The lowest BCUT2D eigenvalue weighted by atomic mass is 9.99. The lowest BCUT2D eigenvalue weighted by Gasteiger charge is -2.39. The summed E-state index contributed by atoms with van der Waals surface area (Å²) in [7, 11) is 0. The molecule has 0 amide bonds. The summed E-state index contributed by atoms with van der Waals surface area (Å²) in [5, 5.41) is 89.9. The number of hydrogen-bond acceptors (Lipinski definition) is 15. The van der Waals surface area contributed by atoms with Crippen molar-refractivity contribution in [3.8, 4) is 34.3 Å². The molecule has 0 unspecified atom stereocenters. The molecular formula is C26H28O15. The molecule has 0 spiro atoms.